The Labute approximate surface area is 111 Å². The van der Waals surface area contributed by atoms with E-state index in [1.807, 2.05) is 0 Å². The van der Waals surface area contributed by atoms with Crippen LogP contribution in [0.5, 0.6) is 0 Å². The van der Waals surface area contributed by atoms with E-state index < -0.39 is 13.0 Å². The van der Waals surface area contributed by atoms with Gasteiger partial charge in [-0.3, -0.25) is 4.79 Å². The number of halogens is 2. The molecule has 19 heavy (non-hydrogen) atoms. The number of carbonyl (C=O) groups excluding carboxylic acids is 1. The van der Waals surface area contributed by atoms with Crippen LogP contribution in [0.3, 0.4) is 0 Å². The molecule has 1 saturated heterocycles. The van der Waals surface area contributed by atoms with Crippen molar-refractivity contribution >= 4 is 5.91 Å². The van der Waals surface area contributed by atoms with Gasteiger partial charge in [-0.25, -0.2) is 8.78 Å². The lowest BCUT2D eigenvalue weighted by molar-refractivity contribution is 0.0925. The summed E-state index contributed by atoms with van der Waals surface area (Å²) in [5, 5.41) is 6.13. The van der Waals surface area contributed by atoms with E-state index in [1.54, 1.807) is 12.1 Å². The van der Waals surface area contributed by atoms with Crippen molar-refractivity contribution in [3.63, 3.8) is 0 Å². The van der Waals surface area contributed by atoms with E-state index in [4.69, 9.17) is 0 Å². The van der Waals surface area contributed by atoms with E-state index in [1.165, 1.54) is 17.2 Å². The third-order valence-corrected chi connectivity index (χ3v) is 3.32. The van der Waals surface area contributed by atoms with E-state index in [2.05, 4.69) is 10.6 Å². The Balaban J connectivity index is 1.87. The number of carbonyl (C=O) groups is 1. The second-order valence-electron chi connectivity index (χ2n) is 4.79. The fourth-order valence-electron chi connectivity index (χ4n) is 2.33. The van der Waals surface area contributed by atoms with Crippen molar-refractivity contribution in [1.82, 2.24) is 15.2 Å². The molecule has 1 unspecified atom stereocenters. The van der Waals surface area contributed by atoms with Gasteiger partial charge in [0.15, 0.2) is 0 Å². The number of amides is 1. The van der Waals surface area contributed by atoms with E-state index in [-0.39, 0.29) is 17.6 Å². The second kappa shape index (κ2) is 6.65. The fourth-order valence-corrected chi connectivity index (χ4v) is 2.33. The number of rotatable bonds is 5. The Morgan fingerprint density at radius 2 is 2.37 bits per heavy atom. The number of hydrogen-bond acceptors (Lipinski definition) is 2. The van der Waals surface area contributed by atoms with Gasteiger partial charge in [0.05, 0.1) is 6.54 Å². The van der Waals surface area contributed by atoms with Crippen LogP contribution in [0.4, 0.5) is 8.78 Å². The quantitative estimate of drug-likeness (QED) is 0.855. The topological polar surface area (TPSA) is 46.1 Å². The summed E-state index contributed by atoms with van der Waals surface area (Å²) < 4.78 is 26.0. The first-order valence-electron chi connectivity index (χ1n) is 6.61. The fraction of sp³-hybridized carbons (Fsp3) is 0.615. The Hall–Kier alpha value is -1.43. The molecule has 106 valence electrons. The zero-order valence-corrected chi connectivity index (χ0v) is 10.7. The molecule has 4 nitrogen and oxygen atoms in total. The molecule has 0 aromatic carbocycles. The SMILES string of the molecule is O=C(NCC1CCCCN1)c1cccn1CC(F)F. The lowest BCUT2D eigenvalue weighted by Crippen LogP contribution is -2.43. The zero-order valence-electron chi connectivity index (χ0n) is 10.7. The molecular weight excluding hydrogens is 252 g/mol. The highest BCUT2D eigenvalue weighted by Crippen LogP contribution is 2.08. The second-order valence-corrected chi connectivity index (χ2v) is 4.79. The lowest BCUT2D eigenvalue weighted by Gasteiger charge is -2.23. The minimum atomic E-state index is -2.46. The summed E-state index contributed by atoms with van der Waals surface area (Å²) in [6, 6.07) is 3.46. The zero-order chi connectivity index (χ0) is 13.7. The Bertz CT molecular complexity index is 414. The summed E-state index contributed by atoms with van der Waals surface area (Å²) >= 11 is 0. The standard InChI is InChI=1S/C13H19F2N3O/c14-12(15)9-18-7-3-5-11(18)13(19)17-8-10-4-1-2-6-16-10/h3,5,7,10,12,16H,1-2,4,6,8-9H2,(H,17,19). The van der Waals surface area contributed by atoms with Gasteiger partial charge in [0.1, 0.15) is 5.69 Å². The average Bonchev–Trinajstić information content (AvgIpc) is 2.84. The van der Waals surface area contributed by atoms with Crippen LogP contribution in [0.2, 0.25) is 0 Å². The minimum Gasteiger partial charge on any atom is -0.349 e. The van der Waals surface area contributed by atoms with Crippen LogP contribution in [0.25, 0.3) is 0 Å². The van der Waals surface area contributed by atoms with Gasteiger partial charge in [0, 0.05) is 18.8 Å². The molecular formula is C13H19F2N3O. The van der Waals surface area contributed by atoms with Gasteiger partial charge in [-0.15, -0.1) is 0 Å². The van der Waals surface area contributed by atoms with E-state index in [0.717, 1.165) is 19.4 Å². The van der Waals surface area contributed by atoms with Crippen LogP contribution in [-0.4, -0.2) is 36.0 Å². The molecule has 1 aliphatic heterocycles. The maximum atomic E-state index is 12.4. The molecule has 0 aliphatic carbocycles. The molecule has 2 N–H and O–H groups in total. The van der Waals surface area contributed by atoms with Crippen LogP contribution in [0, 0.1) is 0 Å². The van der Waals surface area contributed by atoms with Crippen molar-refractivity contribution in [1.29, 1.82) is 0 Å². The van der Waals surface area contributed by atoms with Gasteiger partial charge in [-0.1, -0.05) is 6.42 Å². The Morgan fingerprint density at radius 1 is 1.53 bits per heavy atom. The predicted molar refractivity (Wildman–Crippen MR) is 68.4 cm³/mol. The van der Waals surface area contributed by atoms with Crippen molar-refractivity contribution in [3.8, 4) is 0 Å². The molecule has 6 heteroatoms. The number of aromatic nitrogens is 1. The molecule has 2 heterocycles. The molecule has 2 rings (SSSR count). The molecule has 1 fully saturated rings. The predicted octanol–water partition coefficient (Wildman–Crippen LogP) is 1.63. The number of alkyl halides is 2. The first-order valence-corrected chi connectivity index (χ1v) is 6.61. The van der Waals surface area contributed by atoms with Crippen molar-refractivity contribution in [3.05, 3.63) is 24.0 Å². The van der Waals surface area contributed by atoms with Crippen LogP contribution in [0.15, 0.2) is 18.3 Å². The normalized spacial score (nSPS) is 19.6. The highest BCUT2D eigenvalue weighted by Gasteiger charge is 2.16. The van der Waals surface area contributed by atoms with Gasteiger partial charge >= 0.3 is 0 Å². The number of nitrogens with one attached hydrogen (secondary N) is 2. The Morgan fingerprint density at radius 3 is 3.05 bits per heavy atom. The van der Waals surface area contributed by atoms with Crippen LogP contribution >= 0.6 is 0 Å². The molecule has 1 aromatic rings. The third-order valence-electron chi connectivity index (χ3n) is 3.32. The average molecular weight is 271 g/mol. The van der Waals surface area contributed by atoms with Crippen molar-refractivity contribution in [2.45, 2.75) is 38.3 Å². The third kappa shape index (κ3) is 4.02. The summed E-state index contributed by atoms with van der Waals surface area (Å²) in [5.74, 6) is -0.293. The summed E-state index contributed by atoms with van der Waals surface area (Å²) in [5.41, 5.74) is 0.288. The maximum Gasteiger partial charge on any atom is 0.267 e. The van der Waals surface area contributed by atoms with Gasteiger partial charge < -0.3 is 15.2 Å². The maximum absolute atomic E-state index is 12.4. The highest BCUT2D eigenvalue weighted by molar-refractivity contribution is 5.92. The van der Waals surface area contributed by atoms with E-state index in [9.17, 15) is 13.6 Å². The largest absolute Gasteiger partial charge is 0.349 e. The molecule has 0 radical (unpaired) electrons. The summed E-state index contributed by atoms with van der Waals surface area (Å²) in [7, 11) is 0. The monoisotopic (exact) mass is 271 g/mol. The first-order chi connectivity index (χ1) is 9.16. The van der Waals surface area contributed by atoms with Crippen LogP contribution in [0.1, 0.15) is 29.8 Å². The molecule has 1 amide bonds. The van der Waals surface area contributed by atoms with Crippen molar-refractivity contribution in [2.75, 3.05) is 13.1 Å². The Kier molecular flexibility index (Phi) is 4.90. The van der Waals surface area contributed by atoms with E-state index >= 15 is 0 Å². The highest BCUT2D eigenvalue weighted by atomic mass is 19.3. The lowest BCUT2D eigenvalue weighted by atomic mass is 10.1. The summed E-state index contributed by atoms with van der Waals surface area (Å²) in [6.45, 7) is 1.07. The number of hydrogen-bond donors (Lipinski definition) is 2. The smallest absolute Gasteiger partial charge is 0.267 e. The van der Waals surface area contributed by atoms with Gasteiger partial charge in [-0.2, -0.15) is 0 Å². The first kappa shape index (κ1) is 14.0. The molecule has 1 aliphatic rings. The summed E-state index contributed by atoms with van der Waals surface area (Å²) in [4.78, 5) is 11.9. The number of nitrogens with zero attached hydrogens (tertiary/aromatic N) is 1. The van der Waals surface area contributed by atoms with Crippen molar-refractivity contribution < 1.29 is 13.6 Å². The molecule has 0 bridgehead atoms. The summed E-state index contributed by atoms with van der Waals surface area (Å²) in [6.07, 6.45) is 2.41. The molecule has 1 aromatic heterocycles. The van der Waals surface area contributed by atoms with Gasteiger partial charge in [0.2, 0.25) is 0 Å². The minimum absolute atomic E-state index is 0.288. The van der Waals surface area contributed by atoms with Crippen LogP contribution in [-0.2, 0) is 6.54 Å². The van der Waals surface area contributed by atoms with Gasteiger partial charge in [-0.05, 0) is 31.5 Å². The number of piperidine rings is 1. The molecule has 0 spiro atoms. The van der Waals surface area contributed by atoms with Crippen LogP contribution < -0.4 is 10.6 Å². The van der Waals surface area contributed by atoms with Crippen molar-refractivity contribution in [2.24, 2.45) is 0 Å². The van der Waals surface area contributed by atoms with E-state index in [0.29, 0.717) is 6.54 Å². The molecule has 0 saturated carbocycles. The van der Waals surface area contributed by atoms with Gasteiger partial charge in [0.25, 0.3) is 12.3 Å². The molecule has 1 atom stereocenters.